The average Bonchev–Trinajstić information content (AvgIpc) is 3.27. The van der Waals surface area contributed by atoms with Crippen molar-refractivity contribution in [3.05, 3.63) is 83.2 Å². The Kier molecular flexibility index (Phi) is 5.65. The van der Waals surface area contributed by atoms with Gasteiger partial charge in [-0.2, -0.15) is 4.52 Å². The van der Waals surface area contributed by atoms with Crippen LogP contribution in [0.4, 0.5) is 4.39 Å². The Labute approximate surface area is 191 Å². The maximum absolute atomic E-state index is 13.6. The second-order valence-electron chi connectivity index (χ2n) is 7.37. The average molecular weight is 459 g/mol. The topological polar surface area (TPSA) is 116 Å². The van der Waals surface area contributed by atoms with Crippen LogP contribution >= 0.6 is 0 Å². The van der Waals surface area contributed by atoms with Gasteiger partial charge in [0.25, 0.3) is 5.56 Å². The van der Waals surface area contributed by atoms with Crippen LogP contribution in [0, 0.1) is 5.82 Å². The zero-order valence-electron chi connectivity index (χ0n) is 17.8. The Morgan fingerprint density at radius 2 is 1.94 bits per heavy atom. The number of nitrogens with zero attached hydrogens (tertiary/aromatic N) is 6. The Bertz CT molecular complexity index is 1560. The summed E-state index contributed by atoms with van der Waals surface area (Å²) in [6.45, 7) is 0.193. The lowest BCUT2D eigenvalue weighted by Crippen LogP contribution is -2.34. The van der Waals surface area contributed by atoms with Crippen molar-refractivity contribution in [2.24, 2.45) is 0 Å². The third-order valence-electron chi connectivity index (χ3n) is 5.04. The molecule has 1 N–H and O–H groups in total. The number of amides is 1. The molecule has 5 rings (SSSR count). The van der Waals surface area contributed by atoms with Crippen molar-refractivity contribution < 1.29 is 13.9 Å². The molecule has 5 aromatic rings. The quantitative estimate of drug-likeness (QED) is 0.369. The number of fused-ring (bicyclic) bond motifs is 2. The molecule has 0 fully saturated rings. The normalized spacial score (nSPS) is 11.1. The van der Waals surface area contributed by atoms with Gasteiger partial charge in [0.1, 0.15) is 19.0 Å². The predicted octanol–water partition coefficient (Wildman–Crippen LogP) is 1.84. The molecule has 3 aromatic heterocycles. The highest BCUT2D eigenvalue weighted by molar-refractivity contribution is 5.78. The van der Waals surface area contributed by atoms with Crippen molar-refractivity contribution >= 4 is 22.5 Å². The van der Waals surface area contributed by atoms with Gasteiger partial charge in [0.2, 0.25) is 11.8 Å². The Morgan fingerprint density at radius 1 is 1.06 bits per heavy atom. The Hall–Kier alpha value is -4.67. The van der Waals surface area contributed by atoms with Crippen LogP contribution in [0.25, 0.3) is 27.9 Å². The third kappa shape index (κ3) is 4.31. The summed E-state index contributed by atoms with van der Waals surface area (Å²) in [7, 11) is 0. The standard InChI is InChI=1S/C23H18FN7O3/c24-16-5-3-4-15(12-16)22-28-27-19-8-9-21(29-31(19)22)34-11-10-25-20(32)13-30-14-26-18-7-2-1-6-17(18)23(30)33/h1-9,12,14H,10-11,13H2,(H,25,32). The minimum absolute atomic E-state index is 0.145. The van der Waals surface area contributed by atoms with E-state index in [1.165, 1.54) is 27.5 Å². The van der Waals surface area contributed by atoms with Crippen molar-refractivity contribution in [3.8, 4) is 17.3 Å². The molecule has 0 aliphatic carbocycles. The first-order chi connectivity index (χ1) is 16.6. The van der Waals surface area contributed by atoms with Gasteiger partial charge < -0.3 is 10.1 Å². The number of benzene rings is 2. The van der Waals surface area contributed by atoms with E-state index in [1.807, 2.05) is 0 Å². The highest BCUT2D eigenvalue weighted by Crippen LogP contribution is 2.19. The van der Waals surface area contributed by atoms with Crippen LogP contribution in [0.2, 0.25) is 0 Å². The van der Waals surface area contributed by atoms with Gasteiger partial charge in [-0.25, -0.2) is 9.37 Å². The number of carbonyl (C=O) groups is 1. The summed E-state index contributed by atoms with van der Waals surface area (Å²) in [5, 5.41) is 15.6. The van der Waals surface area contributed by atoms with Gasteiger partial charge in [-0.1, -0.05) is 24.3 Å². The molecule has 0 aliphatic heterocycles. The first-order valence-corrected chi connectivity index (χ1v) is 10.4. The van der Waals surface area contributed by atoms with Crippen LogP contribution in [0.5, 0.6) is 5.88 Å². The molecule has 0 saturated carbocycles. The van der Waals surface area contributed by atoms with Gasteiger partial charge in [-0.05, 0) is 30.3 Å². The van der Waals surface area contributed by atoms with Gasteiger partial charge >= 0.3 is 0 Å². The lowest BCUT2D eigenvalue weighted by atomic mass is 10.2. The molecular formula is C23H18FN7O3. The number of nitrogens with one attached hydrogen (secondary N) is 1. The van der Waals surface area contributed by atoms with E-state index in [0.717, 1.165) is 0 Å². The van der Waals surface area contributed by atoms with E-state index < -0.39 is 0 Å². The molecule has 0 aliphatic rings. The van der Waals surface area contributed by atoms with Crippen LogP contribution in [-0.4, -0.2) is 48.4 Å². The lowest BCUT2D eigenvalue weighted by molar-refractivity contribution is -0.121. The molecule has 1 amide bonds. The fourth-order valence-corrected chi connectivity index (χ4v) is 3.43. The number of hydrogen-bond donors (Lipinski definition) is 1. The largest absolute Gasteiger partial charge is 0.475 e. The molecule has 0 saturated heterocycles. The third-order valence-corrected chi connectivity index (χ3v) is 5.04. The molecule has 34 heavy (non-hydrogen) atoms. The molecule has 0 atom stereocenters. The number of para-hydroxylation sites is 1. The molecule has 10 nitrogen and oxygen atoms in total. The molecular weight excluding hydrogens is 441 g/mol. The maximum Gasteiger partial charge on any atom is 0.261 e. The predicted molar refractivity (Wildman–Crippen MR) is 121 cm³/mol. The summed E-state index contributed by atoms with van der Waals surface area (Å²) in [4.78, 5) is 29.0. The van der Waals surface area contributed by atoms with E-state index >= 15 is 0 Å². The zero-order valence-corrected chi connectivity index (χ0v) is 17.8. The minimum Gasteiger partial charge on any atom is -0.475 e. The second-order valence-corrected chi connectivity index (χ2v) is 7.37. The summed E-state index contributed by atoms with van der Waals surface area (Å²) in [6.07, 6.45) is 1.36. The number of ether oxygens (including phenoxy) is 1. The molecule has 170 valence electrons. The van der Waals surface area contributed by atoms with E-state index in [2.05, 4.69) is 25.6 Å². The molecule has 0 spiro atoms. The summed E-state index contributed by atoms with van der Waals surface area (Å²) in [6, 6.07) is 16.2. The zero-order chi connectivity index (χ0) is 23.5. The highest BCUT2D eigenvalue weighted by Gasteiger charge is 2.12. The number of hydrogen-bond acceptors (Lipinski definition) is 7. The fraction of sp³-hybridized carbons (Fsp3) is 0.130. The SMILES string of the molecule is O=C(Cn1cnc2ccccc2c1=O)NCCOc1ccc2nnc(-c3cccc(F)c3)n2n1. The first-order valence-electron chi connectivity index (χ1n) is 10.4. The summed E-state index contributed by atoms with van der Waals surface area (Å²) in [5.74, 6) is -0.0747. The van der Waals surface area contributed by atoms with E-state index in [9.17, 15) is 14.0 Å². The number of rotatable bonds is 7. The Morgan fingerprint density at radius 3 is 2.82 bits per heavy atom. The highest BCUT2D eigenvalue weighted by atomic mass is 19.1. The van der Waals surface area contributed by atoms with E-state index in [-0.39, 0.29) is 42.9 Å². The lowest BCUT2D eigenvalue weighted by Gasteiger charge is -2.09. The van der Waals surface area contributed by atoms with Crippen LogP contribution in [0.3, 0.4) is 0 Å². The van der Waals surface area contributed by atoms with Gasteiger partial charge in [-0.3, -0.25) is 14.2 Å². The number of halogens is 1. The number of carbonyl (C=O) groups excluding carboxylic acids is 1. The van der Waals surface area contributed by atoms with Crippen molar-refractivity contribution in [1.82, 2.24) is 34.7 Å². The first kappa shape index (κ1) is 21.2. The fourth-order valence-electron chi connectivity index (χ4n) is 3.43. The molecule has 0 unspecified atom stereocenters. The van der Waals surface area contributed by atoms with Gasteiger partial charge in [0.15, 0.2) is 11.5 Å². The van der Waals surface area contributed by atoms with Crippen molar-refractivity contribution in [3.63, 3.8) is 0 Å². The van der Waals surface area contributed by atoms with E-state index in [4.69, 9.17) is 4.74 Å². The van der Waals surface area contributed by atoms with Gasteiger partial charge in [-0.15, -0.1) is 15.3 Å². The van der Waals surface area contributed by atoms with Crippen LogP contribution in [0.1, 0.15) is 0 Å². The van der Waals surface area contributed by atoms with Gasteiger partial charge in [0, 0.05) is 11.6 Å². The Balaban J connectivity index is 1.19. The van der Waals surface area contributed by atoms with Crippen LogP contribution < -0.4 is 15.6 Å². The molecule has 3 heterocycles. The second kappa shape index (κ2) is 9.06. The summed E-state index contributed by atoms with van der Waals surface area (Å²) < 4.78 is 21.9. The van der Waals surface area contributed by atoms with Gasteiger partial charge in [0.05, 0.1) is 23.8 Å². The summed E-state index contributed by atoms with van der Waals surface area (Å²) in [5.41, 5.74) is 1.31. The van der Waals surface area contributed by atoms with Crippen molar-refractivity contribution in [2.45, 2.75) is 6.54 Å². The van der Waals surface area contributed by atoms with E-state index in [1.54, 1.807) is 48.5 Å². The number of aromatic nitrogens is 6. The van der Waals surface area contributed by atoms with Crippen LogP contribution in [0.15, 0.2) is 71.8 Å². The van der Waals surface area contributed by atoms with Crippen molar-refractivity contribution in [1.29, 1.82) is 0 Å². The molecule has 11 heteroatoms. The molecule has 0 radical (unpaired) electrons. The summed E-state index contributed by atoms with van der Waals surface area (Å²) >= 11 is 0. The molecule has 0 bridgehead atoms. The minimum atomic E-state index is -0.390. The maximum atomic E-state index is 13.6. The molecule has 2 aromatic carbocycles. The van der Waals surface area contributed by atoms with Crippen LogP contribution in [-0.2, 0) is 11.3 Å². The van der Waals surface area contributed by atoms with E-state index in [0.29, 0.717) is 27.9 Å². The monoisotopic (exact) mass is 459 g/mol. The smallest absolute Gasteiger partial charge is 0.261 e. The van der Waals surface area contributed by atoms with Crippen molar-refractivity contribution in [2.75, 3.05) is 13.2 Å².